The largest absolute Gasteiger partial charge is 0.463 e. The molecule has 2 aromatic heterocycles. The number of rotatable bonds is 5. The van der Waals surface area contributed by atoms with Crippen molar-refractivity contribution in [3.8, 4) is 0 Å². The van der Waals surface area contributed by atoms with Gasteiger partial charge in [0.05, 0.1) is 37.8 Å². The monoisotopic (exact) mass is 315 g/mol. The van der Waals surface area contributed by atoms with E-state index in [1.165, 1.54) is 30.4 Å². The Labute approximate surface area is 135 Å². The zero-order valence-electron chi connectivity index (χ0n) is 13.4. The Kier molecular flexibility index (Phi) is 5.02. The highest BCUT2D eigenvalue weighted by molar-refractivity contribution is 5.91. The van der Waals surface area contributed by atoms with Crippen LogP contribution in [-0.4, -0.2) is 35.5 Å². The van der Waals surface area contributed by atoms with Gasteiger partial charge in [0.25, 0.3) is 5.91 Å². The molecule has 2 aromatic rings. The van der Waals surface area contributed by atoms with Crippen LogP contribution in [0, 0.1) is 6.92 Å². The van der Waals surface area contributed by atoms with Crippen molar-refractivity contribution >= 4 is 5.91 Å². The molecule has 0 aromatic carbocycles. The second kappa shape index (κ2) is 7.37. The van der Waals surface area contributed by atoms with Crippen LogP contribution in [0.4, 0.5) is 0 Å². The van der Waals surface area contributed by atoms with E-state index < -0.39 is 0 Å². The molecule has 1 saturated heterocycles. The number of carbonyl (C=O) groups is 1. The van der Waals surface area contributed by atoms with Crippen LogP contribution in [-0.2, 0) is 0 Å². The van der Waals surface area contributed by atoms with E-state index in [1.54, 1.807) is 12.5 Å². The van der Waals surface area contributed by atoms with Crippen LogP contribution in [0.3, 0.4) is 0 Å². The van der Waals surface area contributed by atoms with E-state index in [-0.39, 0.29) is 11.9 Å². The van der Waals surface area contributed by atoms with Crippen LogP contribution in [0.5, 0.6) is 0 Å². The summed E-state index contributed by atoms with van der Waals surface area (Å²) >= 11 is 0. The van der Waals surface area contributed by atoms with Gasteiger partial charge in [0, 0.05) is 6.20 Å². The topological polar surface area (TPSA) is 72.5 Å². The first-order chi connectivity index (χ1) is 11.2. The van der Waals surface area contributed by atoms with Crippen molar-refractivity contribution in [3.63, 3.8) is 0 Å². The van der Waals surface area contributed by atoms with Crippen molar-refractivity contribution in [2.75, 3.05) is 19.6 Å². The van der Waals surface area contributed by atoms with E-state index >= 15 is 0 Å². The van der Waals surface area contributed by atoms with Crippen LogP contribution in [0.25, 0.3) is 0 Å². The standard InChI is InChI=1S/C17H22N4O2/c1-13-10-19-14(11-18-13)17(22)20-12-15(16-6-5-9-23-16)21-7-3-2-4-8-21/h5-6,9-11,15H,2-4,7-8,12H2,1H3,(H,20,22)/p+1/t15-/m1/s1. The van der Waals surface area contributed by atoms with Gasteiger partial charge in [0.2, 0.25) is 0 Å². The lowest BCUT2D eigenvalue weighted by molar-refractivity contribution is -0.936. The first-order valence-electron chi connectivity index (χ1n) is 8.19. The van der Waals surface area contributed by atoms with Crippen LogP contribution >= 0.6 is 0 Å². The predicted octanol–water partition coefficient (Wildman–Crippen LogP) is 0.918. The average Bonchev–Trinajstić information content (AvgIpc) is 3.11. The lowest BCUT2D eigenvalue weighted by Gasteiger charge is -2.30. The highest BCUT2D eigenvalue weighted by Gasteiger charge is 2.28. The van der Waals surface area contributed by atoms with Gasteiger partial charge in [-0.3, -0.25) is 9.78 Å². The molecule has 0 saturated carbocycles. The third-order valence-electron chi connectivity index (χ3n) is 4.36. The maximum Gasteiger partial charge on any atom is 0.271 e. The molecule has 2 N–H and O–H groups in total. The summed E-state index contributed by atoms with van der Waals surface area (Å²) < 4.78 is 5.60. The number of nitrogens with one attached hydrogen (secondary N) is 2. The number of nitrogens with zero attached hydrogens (tertiary/aromatic N) is 2. The van der Waals surface area contributed by atoms with Gasteiger partial charge in [-0.2, -0.15) is 0 Å². The SMILES string of the molecule is Cc1cnc(C(=O)NC[C@H](c2ccco2)[NH+]2CCCCC2)cn1. The van der Waals surface area contributed by atoms with Crippen LogP contribution in [0.15, 0.2) is 35.2 Å². The zero-order chi connectivity index (χ0) is 16.1. The van der Waals surface area contributed by atoms with Crippen LogP contribution in [0.2, 0.25) is 0 Å². The van der Waals surface area contributed by atoms with Gasteiger partial charge < -0.3 is 14.6 Å². The Hall–Kier alpha value is -2.21. The van der Waals surface area contributed by atoms with Gasteiger partial charge in [-0.15, -0.1) is 0 Å². The minimum atomic E-state index is -0.189. The van der Waals surface area contributed by atoms with Gasteiger partial charge in [-0.25, -0.2) is 4.98 Å². The third-order valence-corrected chi connectivity index (χ3v) is 4.36. The Balaban J connectivity index is 1.66. The maximum absolute atomic E-state index is 12.3. The van der Waals surface area contributed by atoms with Crippen molar-refractivity contribution in [3.05, 3.63) is 47.9 Å². The van der Waals surface area contributed by atoms with E-state index in [2.05, 4.69) is 15.3 Å². The van der Waals surface area contributed by atoms with Crippen LogP contribution in [0.1, 0.15) is 47.2 Å². The molecule has 0 radical (unpaired) electrons. The second-order valence-corrected chi connectivity index (χ2v) is 6.04. The summed E-state index contributed by atoms with van der Waals surface area (Å²) in [6.07, 6.45) is 8.56. The molecule has 1 atom stereocenters. The smallest absolute Gasteiger partial charge is 0.271 e. The van der Waals surface area contributed by atoms with E-state index in [1.807, 2.05) is 19.1 Å². The van der Waals surface area contributed by atoms with Gasteiger partial charge in [0.1, 0.15) is 5.69 Å². The van der Waals surface area contributed by atoms with Gasteiger partial charge in [-0.05, 0) is 38.3 Å². The fraction of sp³-hybridized carbons (Fsp3) is 0.471. The normalized spacial score (nSPS) is 16.9. The number of quaternary nitrogens is 1. The summed E-state index contributed by atoms with van der Waals surface area (Å²) in [4.78, 5) is 22.0. The molecule has 0 bridgehead atoms. The van der Waals surface area contributed by atoms with E-state index in [0.29, 0.717) is 12.2 Å². The molecular weight excluding hydrogens is 292 g/mol. The molecule has 1 aliphatic heterocycles. The maximum atomic E-state index is 12.3. The summed E-state index contributed by atoms with van der Waals surface area (Å²) in [6, 6.07) is 4.04. The fourth-order valence-electron chi connectivity index (χ4n) is 3.09. The molecule has 122 valence electrons. The zero-order valence-corrected chi connectivity index (χ0v) is 13.4. The molecule has 1 amide bonds. The fourth-order valence-corrected chi connectivity index (χ4v) is 3.09. The number of likely N-dealkylation sites (tertiary alicyclic amines) is 1. The molecule has 6 nitrogen and oxygen atoms in total. The molecule has 1 aliphatic rings. The first kappa shape index (κ1) is 15.7. The number of piperidine rings is 1. The highest BCUT2D eigenvalue weighted by atomic mass is 16.3. The summed E-state index contributed by atoms with van der Waals surface area (Å²) in [5.41, 5.74) is 1.15. The summed E-state index contributed by atoms with van der Waals surface area (Å²) in [7, 11) is 0. The Morgan fingerprint density at radius 2 is 2.13 bits per heavy atom. The number of carbonyl (C=O) groups excluding carboxylic acids is 1. The Morgan fingerprint density at radius 1 is 1.30 bits per heavy atom. The number of amides is 1. The average molecular weight is 315 g/mol. The third kappa shape index (κ3) is 3.96. The lowest BCUT2D eigenvalue weighted by atomic mass is 10.1. The molecule has 3 rings (SSSR count). The van der Waals surface area contributed by atoms with Gasteiger partial charge in [-0.1, -0.05) is 0 Å². The van der Waals surface area contributed by atoms with Gasteiger partial charge >= 0.3 is 0 Å². The molecule has 0 aliphatic carbocycles. The predicted molar refractivity (Wildman–Crippen MR) is 85.1 cm³/mol. The lowest BCUT2D eigenvalue weighted by Crippen LogP contribution is -3.13. The molecule has 1 fully saturated rings. The van der Waals surface area contributed by atoms with Crippen molar-refractivity contribution < 1.29 is 14.1 Å². The van der Waals surface area contributed by atoms with Crippen molar-refractivity contribution in [2.24, 2.45) is 0 Å². The second-order valence-electron chi connectivity index (χ2n) is 6.04. The summed E-state index contributed by atoms with van der Waals surface area (Å²) in [5.74, 6) is 0.739. The Bertz CT molecular complexity index is 619. The number of aryl methyl sites for hydroxylation is 1. The van der Waals surface area contributed by atoms with E-state index in [0.717, 1.165) is 24.5 Å². The molecule has 0 unspecified atom stereocenters. The van der Waals surface area contributed by atoms with Crippen molar-refractivity contribution in [1.29, 1.82) is 0 Å². The van der Waals surface area contributed by atoms with Crippen molar-refractivity contribution in [1.82, 2.24) is 15.3 Å². The molecule has 6 heteroatoms. The number of hydrogen-bond acceptors (Lipinski definition) is 4. The molecule has 0 spiro atoms. The minimum Gasteiger partial charge on any atom is -0.463 e. The van der Waals surface area contributed by atoms with E-state index in [4.69, 9.17) is 4.42 Å². The quantitative estimate of drug-likeness (QED) is 0.860. The summed E-state index contributed by atoms with van der Waals surface area (Å²) in [6.45, 7) is 4.62. The number of aromatic nitrogens is 2. The van der Waals surface area contributed by atoms with E-state index in [9.17, 15) is 4.79 Å². The minimum absolute atomic E-state index is 0.146. The Morgan fingerprint density at radius 3 is 2.78 bits per heavy atom. The van der Waals surface area contributed by atoms with Crippen LogP contribution < -0.4 is 10.2 Å². The molecule has 3 heterocycles. The summed E-state index contributed by atoms with van der Waals surface area (Å²) in [5, 5.41) is 2.98. The first-order valence-corrected chi connectivity index (χ1v) is 8.19. The highest BCUT2D eigenvalue weighted by Crippen LogP contribution is 2.11. The van der Waals surface area contributed by atoms with Gasteiger partial charge in [0.15, 0.2) is 11.8 Å². The number of hydrogen-bond donors (Lipinski definition) is 2. The van der Waals surface area contributed by atoms with Crippen molar-refractivity contribution in [2.45, 2.75) is 32.2 Å². The molecule has 23 heavy (non-hydrogen) atoms. The number of furan rings is 1. The molecular formula is C17H23N4O2+.